The van der Waals surface area contributed by atoms with Gasteiger partial charge in [0.05, 0.1) is 6.54 Å². The summed E-state index contributed by atoms with van der Waals surface area (Å²) in [6, 6.07) is 2.55. The monoisotopic (exact) mass is 193 g/mol. The summed E-state index contributed by atoms with van der Waals surface area (Å²) in [7, 11) is 0. The van der Waals surface area contributed by atoms with E-state index < -0.39 is 16.5 Å². The van der Waals surface area contributed by atoms with Gasteiger partial charge in [-0.3, -0.25) is 0 Å². The molecule has 0 radical (unpaired) electrons. The summed E-state index contributed by atoms with van der Waals surface area (Å²) in [4.78, 5) is 13.1. The Hall–Kier alpha value is -2.13. The van der Waals surface area contributed by atoms with Gasteiger partial charge in [0.15, 0.2) is 0 Å². The van der Waals surface area contributed by atoms with E-state index in [1.807, 2.05) is 0 Å². The Bertz CT molecular complexity index is 420. The zero-order valence-corrected chi connectivity index (χ0v) is 7.10. The lowest BCUT2D eigenvalue weighted by atomic mass is 10.3. The van der Waals surface area contributed by atoms with Crippen LogP contribution in [0, 0.1) is 22.0 Å². The third-order valence-electron chi connectivity index (χ3n) is 1.35. The van der Waals surface area contributed by atoms with Crippen LogP contribution in [0.2, 0.25) is 0 Å². The highest BCUT2D eigenvalue weighted by atomic mass is 16.6. The van der Waals surface area contributed by atoms with E-state index in [4.69, 9.17) is 10.8 Å². The molecule has 14 heavy (non-hydrogen) atoms. The number of hydrogen-bond donors (Lipinski definition) is 2. The average molecular weight is 193 g/mol. The number of nitrogens with zero attached hydrogens (tertiary/aromatic N) is 2. The summed E-state index contributed by atoms with van der Waals surface area (Å²) >= 11 is 0. The van der Waals surface area contributed by atoms with Crippen LogP contribution in [-0.2, 0) is 0 Å². The normalized spacial score (nSPS) is 8.93. The molecular weight excluding hydrogens is 186 g/mol. The van der Waals surface area contributed by atoms with Gasteiger partial charge in [-0.2, -0.15) is 0 Å². The topological polar surface area (TPSA) is 102 Å². The van der Waals surface area contributed by atoms with Crippen LogP contribution in [0.4, 0.5) is 5.82 Å². The van der Waals surface area contributed by atoms with Gasteiger partial charge < -0.3 is 21.0 Å². The van der Waals surface area contributed by atoms with E-state index >= 15 is 0 Å². The molecule has 0 aliphatic carbocycles. The van der Waals surface area contributed by atoms with Gasteiger partial charge >= 0.3 is 5.82 Å². The summed E-state index contributed by atoms with van der Waals surface area (Å²) < 4.78 is 0. The summed E-state index contributed by atoms with van der Waals surface area (Å²) in [5, 5.41) is 19.4. The maximum absolute atomic E-state index is 10.4. The molecule has 0 saturated heterocycles. The van der Waals surface area contributed by atoms with Gasteiger partial charge in [0.1, 0.15) is 0 Å². The Morgan fingerprint density at radius 2 is 2.36 bits per heavy atom. The molecule has 0 spiro atoms. The van der Waals surface area contributed by atoms with Crippen LogP contribution in [0.15, 0.2) is 12.1 Å². The first-order chi connectivity index (χ1) is 6.65. The Morgan fingerprint density at radius 1 is 1.64 bits per heavy atom. The summed E-state index contributed by atoms with van der Waals surface area (Å²) in [6.07, 6.45) is 0. The second-order valence-electron chi connectivity index (χ2n) is 2.30. The van der Waals surface area contributed by atoms with E-state index in [1.54, 1.807) is 0 Å². The summed E-state index contributed by atoms with van der Waals surface area (Å²) in [6.45, 7) is 0.149. The standard InChI is InChI=1S/C8H7N3O3/c9-5-1-2-6-3-4-7(12)8(10-6)11(13)14/h3-4,12H,5,9H2. The Balaban J connectivity index is 3.13. The minimum absolute atomic E-state index is 0.149. The maximum Gasteiger partial charge on any atom is 0.407 e. The molecule has 3 N–H and O–H groups in total. The fourth-order valence-electron chi connectivity index (χ4n) is 0.787. The van der Waals surface area contributed by atoms with Crippen molar-refractivity contribution in [2.75, 3.05) is 6.54 Å². The van der Waals surface area contributed by atoms with Crippen LogP contribution < -0.4 is 5.73 Å². The Morgan fingerprint density at radius 3 is 2.93 bits per heavy atom. The molecule has 1 heterocycles. The quantitative estimate of drug-likeness (QED) is 0.371. The van der Waals surface area contributed by atoms with Crippen molar-refractivity contribution in [1.29, 1.82) is 0 Å². The van der Waals surface area contributed by atoms with Crippen molar-refractivity contribution in [3.05, 3.63) is 27.9 Å². The largest absolute Gasteiger partial charge is 0.501 e. The van der Waals surface area contributed by atoms with Gasteiger partial charge in [-0.15, -0.1) is 0 Å². The van der Waals surface area contributed by atoms with E-state index in [2.05, 4.69) is 16.8 Å². The van der Waals surface area contributed by atoms with Crippen LogP contribution in [0.5, 0.6) is 5.75 Å². The molecule has 1 rings (SSSR count). The Kier molecular flexibility index (Phi) is 2.99. The SMILES string of the molecule is NCC#Cc1ccc(O)c([N+](=O)[O-])n1. The molecule has 0 unspecified atom stereocenters. The van der Waals surface area contributed by atoms with Crippen LogP contribution >= 0.6 is 0 Å². The van der Waals surface area contributed by atoms with E-state index in [1.165, 1.54) is 12.1 Å². The van der Waals surface area contributed by atoms with Crippen molar-refractivity contribution in [3.63, 3.8) is 0 Å². The van der Waals surface area contributed by atoms with Crippen molar-refractivity contribution < 1.29 is 10.0 Å². The van der Waals surface area contributed by atoms with Crippen molar-refractivity contribution in [2.24, 2.45) is 5.73 Å². The first kappa shape index (κ1) is 9.95. The van der Waals surface area contributed by atoms with Crippen LogP contribution in [0.1, 0.15) is 5.69 Å². The average Bonchev–Trinajstić information content (AvgIpc) is 2.16. The molecule has 0 saturated carbocycles. The fourth-order valence-corrected chi connectivity index (χ4v) is 0.787. The number of nitrogens with two attached hydrogens (primary N) is 1. The van der Waals surface area contributed by atoms with Crippen LogP contribution in [-0.4, -0.2) is 21.6 Å². The van der Waals surface area contributed by atoms with Gasteiger partial charge in [0.25, 0.3) is 0 Å². The van der Waals surface area contributed by atoms with Gasteiger partial charge in [-0.25, -0.2) is 0 Å². The molecule has 0 fully saturated rings. The number of nitro groups is 1. The molecule has 72 valence electrons. The smallest absolute Gasteiger partial charge is 0.407 e. The van der Waals surface area contributed by atoms with E-state index in [-0.39, 0.29) is 12.2 Å². The molecule has 0 amide bonds. The highest BCUT2D eigenvalue weighted by Crippen LogP contribution is 2.21. The molecule has 6 heteroatoms. The molecule has 6 nitrogen and oxygen atoms in total. The molecule has 0 atom stereocenters. The molecule has 1 aromatic heterocycles. The minimum Gasteiger partial charge on any atom is -0.501 e. The highest BCUT2D eigenvalue weighted by Gasteiger charge is 2.15. The number of rotatable bonds is 1. The van der Waals surface area contributed by atoms with Gasteiger partial charge in [-0.05, 0) is 21.9 Å². The molecule has 0 aromatic carbocycles. The second kappa shape index (κ2) is 4.20. The van der Waals surface area contributed by atoms with Gasteiger partial charge in [0, 0.05) is 6.07 Å². The Labute approximate surface area is 79.5 Å². The summed E-state index contributed by atoms with van der Waals surface area (Å²) in [5.74, 6) is 3.94. The third kappa shape index (κ3) is 2.18. The summed E-state index contributed by atoms with van der Waals surface area (Å²) in [5.41, 5.74) is 5.33. The first-order valence-electron chi connectivity index (χ1n) is 3.68. The predicted octanol–water partition coefficient (Wildman–Crippen LogP) is 0.00560. The maximum atomic E-state index is 10.4. The van der Waals surface area contributed by atoms with E-state index in [0.29, 0.717) is 0 Å². The molecule has 0 bridgehead atoms. The number of aromatic hydroxyl groups is 1. The zero-order chi connectivity index (χ0) is 10.6. The number of pyridine rings is 1. The highest BCUT2D eigenvalue weighted by molar-refractivity contribution is 5.43. The molecule has 1 aromatic rings. The van der Waals surface area contributed by atoms with Crippen LogP contribution in [0.25, 0.3) is 0 Å². The van der Waals surface area contributed by atoms with Crippen molar-refractivity contribution in [2.45, 2.75) is 0 Å². The number of hydrogen-bond acceptors (Lipinski definition) is 5. The lowest BCUT2D eigenvalue weighted by molar-refractivity contribution is -0.390. The van der Waals surface area contributed by atoms with Gasteiger partial charge in [-0.1, -0.05) is 5.92 Å². The fraction of sp³-hybridized carbons (Fsp3) is 0.125. The minimum atomic E-state index is -0.775. The van der Waals surface area contributed by atoms with Crippen LogP contribution in [0.3, 0.4) is 0 Å². The molecule has 0 aliphatic rings. The second-order valence-corrected chi connectivity index (χ2v) is 2.30. The number of aromatic nitrogens is 1. The molecule has 0 aliphatic heterocycles. The van der Waals surface area contributed by atoms with Crippen molar-refractivity contribution >= 4 is 5.82 Å². The zero-order valence-electron chi connectivity index (χ0n) is 7.10. The first-order valence-corrected chi connectivity index (χ1v) is 3.68. The van der Waals surface area contributed by atoms with Crippen molar-refractivity contribution in [1.82, 2.24) is 4.98 Å². The van der Waals surface area contributed by atoms with Gasteiger partial charge in [0.2, 0.25) is 11.4 Å². The van der Waals surface area contributed by atoms with E-state index in [9.17, 15) is 10.1 Å². The van der Waals surface area contributed by atoms with E-state index in [0.717, 1.165) is 0 Å². The lowest BCUT2D eigenvalue weighted by Gasteiger charge is -1.94. The lowest BCUT2D eigenvalue weighted by Crippen LogP contribution is -1.96. The predicted molar refractivity (Wildman–Crippen MR) is 48.5 cm³/mol. The third-order valence-corrected chi connectivity index (χ3v) is 1.35. The molecular formula is C8H7N3O3. The van der Waals surface area contributed by atoms with Crippen molar-refractivity contribution in [3.8, 4) is 17.6 Å².